The molecule has 5 heterocycles. The molecule has 0 fully saturated rings. The van der Waals surface area contributed by atoms with Gasteiger partial charge in [-0.2, -0.15) is 8.42 Å². The fourth-order valence-electron chi connectivity index (χ4n) is 8.23. The third-order valence-corrected chi connectivity index (χ3v) is 11.2. The SMILES string of the molecule is CC.CC.CC.O=c1c2cc3c4c5c(cc6c7c(ccc(c8ccc(c2c84)c2nc4ccccc4n12)c57)c(=O)n1c2ccccc2nc61)S(=O)(=O)O3. The molecule has 0 radical (unpaired) electrons. The fraction of sp³-hybridized carbons (Fsp3) is 0.143. The number of imidazole rings is 2. The average molecular weight is 705 g/mol. The second kappa shape index (κ2) is 10.9. The first-order valence-corrected chi connectivity index (χ1v) is 19.1. The van der Waals surface area contributed by atoms with Crippen LogP contribution in [0, 0.1) is 0 Å². The van der Waals surface area contributed by atoms with Crippen LogP contribution in [0.25, 0.3) is 98.0 Å². The van der Waals surface area contributed by atoms with Gasteiger partial charge in [-0.15, -0.1) is 0 Å². The summed E-state index contributed by atoms with van der Waals surface area (Å²) >= 11 is 0. The number of pyridine rings is 2. The van der Waals surface area contributed by atoms with Crippen LogP contribution in [0.15, 0.2) is 99.4 Å². The zero-order chi connectivity index (χ0) is 36.4. The van der Waals surface area contributed by atoms with Gasteiger partial charge in [-0.25, -0.2) is 9.97 Å². The van der Waals surface area contributed by atoms with Gasteiger partial charge in [-0.1, -0.05) is 77.9 Å². The van der Waals surface area contributed by atoms with Gasteiger partial charge >= 0.3 is 10.1 Å². The summed E-state index contributed by atoms with van der Waals surface area (Å²) in [4.78, 5) is 38.0. The van der Waals surface area contributed by atoms with E-state index in [0.29, 0.717) is 76.5 Å². The first-order chi connectivity index (χ1) is 25.4. The molecule has 0 saturated heterocycles. The van der Waals surface area contributed by atoms with Crippen molar-refractivity contribution in [1.29, 1.82) is 0 Å². The third-order valence-electron chi connectivity index (χ3n) is 9.97. The zero-order valence-electron chi connectivity index (χ0n) is 29.3. The molecule has 11 aromatic rings. The lowest BCUT2D eigenvalue weighted by molar-refractivity contribution is 0.488. The Labute approximate surface area is 296 Å². The van der Waals surface area contributed by atoms with Gasteiger partial charge in [0.2, 0.25) is 0 Å². The molecule has 256 valence electrons. The number of hydrogen-bond donors (Lipinski definition) is 0. The number of benzene rings is 7. The lowest BCUT2D eigenvalue weighted by Crippen LogP contribution is -2.18. The maximum atomic E-state index is 14.2. The van der Waals surface area contributed by atoms with Crippen LogP contribution < -0.4 is 15.3 Å². The topological polar surface area (TPSA) is 112 Å². The Morgan fingerprint density at radius 2 is 0.981 bits per heavy atom. The highest BCUT2D eigenvalue weighted by molar-refractivity contribution is 7.87. The Morgan fingerprint density at radius 1 is 0.500 bits per heavy atom. The zero-order valence-corrected chi connectivity index (χ0v) is 30.1. The Hall–Kier alpha value is -6.13. The van der Waals surface area contributed by atoms with Crippen molar-refractivity contribution in [2.45, 2.75) is 46.4 Å². The summed E-state index contributed by atoms with van der Waals surface area (Å²) in [6.45, 7) is 12.0. The molecule has 12 rings (SSSR count). The van der Waals surface area contributed by atoms with E-state index in [4.69, 9.17) is 14.2 Å². The van der Waals surface area contributed by atoms with E-state index >= 15 is 0 Å². The van der Waals surface area contributed by atoms with Gasteiger partial charge in [0.15, 0.2) is 5.75 Å². The summed E-state index contributed by atoms with van der Waals surface area (Å²) in [5.41, 5.74) is 3.05. The van der Waals surface area contributed by atoms with Gasteiger partial charge in [0, 0.05) is 48.5 Å². The predicted molar refractivity (Wildman–Crippen MR) is 212 cm³/mol. The van der Waals surface area contributed by atoms with E-state index in [-0.39, 0.29) is 21.8 Å². The molecule has 0 bridgehead atoms. The van der Waals surface area contributed by atoms with E-state index in [1.165, 1.54) is 0 Å². The van der Waals surface area contributed by atoms with Gasteiger partial charge in [0.25, 0.3) is 11.1 Å². The summed E-state index contributed by atoms with van der Waals surface area (Å²) in [6, 6.07) is 25.6. The molecule has 9 nitrogen and oxygen atoms in total. The highest BCUT2D eigenvalue weighted by Crippen LogP contribution is 2.53. The maximum absolute atomic E-state index is 14.2. The van der Waals surface area contributed by atoms with Gasteiger partial charge in [-0.05, 0) is 59.3 Å². The summed E-state index contributed by atoms with van der Waals surface area (Å²) in [5, 5.41) is 7.58. The molecule has 0 saturated carbocycles. The summed E-state index contributed by atoms with van der Waals surface area (Å²) < 4.78 is 37.1. The molecule has 0 amide bonds. The fourth-order valence-corrected chi connectivity index (χ4v) is 9.40. The Kier molecular flexibility index (Phi) is 6.69. The van der Waals surface area contributed by atoms with Gasteiger partial charge in [0.05, 0.1) is 27.5 Å². The van der Waals surface area contributed by atoms with Crippen molar-refractivity contribution in [2.75, 3.05) is 0 Å². The van der Waals surface area contributed by atoms with Crippen molar-refractivity contribution in [2.24, 2.45) is 0 Å². The van der Waals surface area contributed by atoms with Gasteiger partial charge < -0.3 is 4.18 Å². The summed E-state index contributed by atoms with van der Waals surface area (Å²) in [7, 11) is -4.33. The second-order valence-corrected chi connectivity index (χ2v) is 13.6. The number of hydrogen-bond acceptors (Lipinski definition) is 7. The summed E-state index contributed by atoms with van der Waals surface area (Å²) in [6.07, 6.45) is 0. The van der Waals surface area contributed by atoms with E-state index < -0.39 is 10.1 Å². The van der Waals surface area contributed by atoms with Crippen molar-refractivity contribution in [1.82, 2.24) is 18.8 Å². The van der Waals surface area contributed by atoms with Crippen LogP contribution in [0.5, 0.6) is 5.75 Å². The molecule has 52 heavy (non-hydrogen) atoms. The first-order valence-electron chi connectivity index (χ1n) is 17.7. The average Bonchev–Trinajstić information content (AvgIpc) is 3.77. The Balaban J connectivity index is 0.000000574. The van der Waals surface area contributed by atoms with Crippen molar-refractivity contribution in [3.05, 3.63) is 106 Å². The second-order valence-electron chi connectivity index (χ2n) is 12.1. The molecule has 1 aliphatic heterocycles. The molecule has 0 N–H and O–H groups in total. The van der Waals surface area contributed by atoms with E-state index in [2.05, 4.69) is 0 Å². The van der Waals surface area contributed by atoms with Gasteiger partial charge in [0.1, 0.15) is 16.2 Å². The first kappa shape index (κ1) is 31.8. The monoisotopic (exact) mass is 704 g/mol. The van der Waals surface area contributed by atoms with Crippen LogP contribution >= 0.6 is 0 Å². The van der Waals surface area contributed by atoms with Crippen LogP contribution in [0.2, 0.25) is 0 Å². The molecule has 1 aliphatic rings. The number of nitrogens with zero attached hydrogens (tertiary/aromatic N) is 4. The lowest BCUT2D eigenvalue weighted by atomic mass is 9.85. The Morgan fingerprint density at radius 3 is 1.60 bits per heavy atom. The smallest absolute Gasteiger partial charge is 0.339 e. The third kappa shape index (κ3) is 3.64. The molecule has 10 heteroatoms. The molecule has 7 aromatic carbocycles. The molecule has 0 atom stereocenters. The minimum Gasteiger partial charge on any atom is -0.378 e. The molecular weight excluding hydrogens is 673 g/mol. The van der Waals surface area contributed by atoms with Crippen LogP contribution in [-0.2, 0) is 10.1 Å². The van der Waals surface area contributed by atoms with E-state index in [9.17, 15) is 18.0 Å². The number of para-hydroxylation sites is 4. The molecule has 0 unspecified atom stereocenters. The van der Waals surface area contributed by atoms with Crippen LogP contribution in [0.3, 0.4) is 0 Å². The van der Waals surface area contributed by atoms with E-state index in [1.54, 1.807) is 20.9 Å². The molecular formula is C42H32N4O5S. The Bertz CT molecular complexity index is 3520. The van der Waals surface area contributed by atoms with Gasteiger partial charge in [-0.3, -0.25) is 18.4 Å². The highest BCUT2D eigenvalue weighted by atomic mass is 32.2. The summed E-state index contributed by atoms with van der Waals surface area (Å²) in [5.74, 6) is 0.0929. The van der Waals surface area contributed by atoms with Crippen molar-refractivity contribution < 1.29 is 12.6 Å². The van der Waals surface area contributed by atoms with Crippen LogP contribution in [0.4, 0.5) is 0 Å². The minimum absolute atomic E-state index is 0.00887. The highest BCUT2D eigenvalue weighted by Gasteiger charge is 2.35. The molecule has 0 spiro atoms. The molecule has 4 aromatic heterocycles. The normalized spacial score (nSPS) is 13.4. The number of fused-ring (bicyclic) bond motifs is 9. The standard InChI is InChI=1S/C36H14N4O5S.3C2H6/c41-35-18-12-10-16-15-9-11-17-27-20(36(42)39-23-7-3-1-5-21(23)37-33(17)39)13-25-31(29(15)27)32-26(46(43,44)45-25)14-19(28(18)30(16)32)34-38-22-6-2-4-8-24(22)40(34)35;3*1-2/h1-14H;3*1-2H3. The lowest BCUT2D eigenvalue weighted by Gasteiger charge is -2.25. The molecule has 0 aliphatic carbocycles. The van der Waals surface area contributed by atoms with Crippen molar-refractivity contribution in [3.8, 4) is 5.75 Å². The number of rotatable bonds is 0. The van der Waals surface area contributed by atoms with Crippen molar-refractivity contribution in [3.63, 3.8) is 0 Å². The maximum Gasteiger partial charge on any atom is 0.339 e. The minimum atomic E-state index is -4.33. The van der Waals surface area contributed by atoms with E-state index in [0.717, 1.165) is 21.5 Å². The quantitative estimate of drug-likeness (QED) is 0.0878. The predicted octanol–water partition coefficient (Wildman–Crippen LogP) is 9.40. The largest absolute Gasteiger partial charge is 0.378 e. The van der Waals surface area contributed by atoms with Crippen molar-refractivity contribution >= 4 is 108 Å². The van der Waals surface area contributed by atoms with Crippen LogP contribution in [0.1, 0.15) is 41.5 Å². The van der Waals surface area contributed by atoms with E-state index in [1.807, 2.05) is 114 Å². The van der Waals surface area contributed by atoms with Crippen LogP contribution in [-0.4, -0.2) is 27.2 Å². The number of aromatic nitrogens is 4.